The smallest absolute Gasteiger partial charge is 0.338 e. The summed E-state index contributed by atoms with van der Waals surface area (Å²) in [6.07, 6.45) is 1.94. The van der Waals surface area contributed by atoms with Crippen molar-refractivity contribution < 1.29 is 28.7 Å². The second kappa shape index (κ2) is 10.4. The molecule has 1 aliphatic heterocycles. The number of hydrogen-bond donors (Lipinski definition) is 2. The molecule has 0 saturated carbocycles. The van der Waals surface area contributed by atoms with Crippen molar-refractivity contribution in [2.45, 2.75) is 36.3 Å². The number of halogens is 1. The van der Waals surface area contributed by atoms with Crippen molar-refractivity contribution in [2.75, 3.05) is 18.1 Å². The fourth-order valence-electron chi connectivity index (χ4n) is 3.33. The van der Waals surface area contributed by atoms with Gasteiger partial charge in [0.15, 0.2) is 0 Å². The molecule has 1 aliphatic rings. The summed E-state index contributed by atoms with van der Waals surface area (Å²) < 4.78 is 18.1. The summed E-state index contributed by atoms with van der Waals surface area (Å²) in [6, 6.07) is 11.1. The monoisotopic (exact) mass is 446 g/mol. The van der Waals surface area contributed by atoms with Crippen LogP contribution in [0.25, 0.3) is 0 Å². The highest BCUT2D eigenvalue weighted by molar-refractivity contribution is 8.01. The molecule has 1 atom stereocenters. The van der Waals surface area contributed by atoms with Gasteiger partial charge in [-0.05, 0) is 62.1 Å². The molecule has 0 aromatic heterocycles. The number of ether oxygens (including phenoxy) is 1. The van der Waals surface area contributed by atoms with Crippen LogP contribution in [0.1, 0.15) is 35.7 Å². The first-order chi connectivity index (χ1) is 14.9. The predicted molar refractivity (Wildman–Crippen MR) is 114 cm³/mol. The summed E-state index contributed by atoms with van der Waals surface area (Å²) in [5, 5.41) is 8.50. The van der Waals surface area contributed by atoms with Gasteiger partial charge >= 0.3 is 5.97 Å². The van der Waals surface area contributed by atoms with Crippen LogP contribution in [0.2, 0.25) is 0 Å². The van der Waals surface area contributed by atoms with Crippen molar-refractivity contribution in [1.29, 1.82) is 0 Å². The Morgan fingerprint density at radius 1 is 1.23 bits per heavy atom. The number of nitrogens with one attached hydrogen (secondary N) is 1. The van der Waals surface area contributed by atoms with Gasteiger partial charge in [0, 0.05) is 4.90 Å². The lowest BCUT2D eigenvalue weighted by Gasteiger charge is -2.33. The first-order valence-corrected chi connectivity index (χ1v) is 10.8. The first-order valence-electron chi connectivity index (χ1n) is 9.89. The van der Waals surface area contributed by atoms with E-state index < -0.39 is 17.1 Å². The molecule has 2 aromatic rings. The molecule has 0 fully saturated rings. The van der Waals surface area contributed by atoms with Gasteiger partial charge in [0.1, 0.15) is 12.4 Å². The van der Waals surface area contributed by atoms with Crippen molar-refractivity contribution in [1.82, 2.24) is 5.48 Å². The number of thioether (sulfide) groups is 1. The van der Waals surface area contributed by atoms with Crippen LogP contribution >= 0.6 is 11.8 Å². The molecular weight excluding hydrogens is 423 g/mol. The number of anilines is 1. The van der Waals surface area contributed by atoms with Gasteiger partial charge in [-0.2, -0.15) is 0 Å². The third kappa shape index (κ3) is 5.62. The number of benzene rings is 2. The number of hydrogen-bond acceptors (Lipinski definition) is 6. The molecule has 1 heterocycles. The minimum atomic E-state index is -0.738. The van der Waals surface area contributed by atoms with Crippen molar-refractivity contribution in [3.63, 3.8) is 0 Å². The number of esters is 1. The molecule has 31 heavy (non-hydrogen) atoms. The molecule has 2 N–H and O–H groups in total. The van der Waals surface area contributed by atoms with Gasteiger partial charge in [0.2, 0.25) is 5.91 Å². The summed E-state index contributed by atoms with van der Waals surface area (Å²) in [4.78, 5) is 39.0. The molecular formula is C22H23FN2O5S. The number of carbonyl (C=O) groups is 3. The van der Waals surface area contributed by atoms with Gasteiger partial charge in [0.05, 0.1) is 23.1 Å². The Hall–Kier alpha value is -2.91. The molecule has 2 amide bonds. The van der Waals surface area contributed by atoms with Crippen LogP contribution in [-0.2, 0) is 20.7 Å². The molecule has 0 bridgehead atoms. The lowest BCUT2D eigenvalue weighted by Crippen LogP contribution is -2.46. The van der Waals surface area contributed by atoms with Crippen LogP contribution in [-0.4, -0.2) is 41.4 Å². The maximum Gasteiger partial charge on any atom is 0.338 e. The Morgan fingerprint density at radius 3 is 2.65 bits per heavy atom. The molecule has 9 heteroatoms. The van der Waals surface area contributed by atoms with Gasteiger partial charge < -0.3 is 9.64 Å². The summed E-state index contributed by atoms with van der Waals surface area (Å²) in [7, 11) is 0. The van der Waals surface area contributed by atoms with E-state index in [2.05, 4.69) is 0 Å². The van der Waals surface area contributed by atoms with E-state index in [9.17, 15) is 18.8 Å². The Balaban J connectivity index is 1.78. The molecule has 0 aliphatic carbocycles. The quantitative estimate of drug-likeness (QED) is 0.367. The second-order valence-electron chi connectivity index (χ2n) is 6.99. The fraction of sp³-hybridized carbons (Fsp3) is 0.318. The van der Waals surface area contributed by atoms with Gasteiger partial charge in [-0.15, -0.1) is 11.8 Å². The molecule has 0 spiro atoms. The lowest BCUT2D eigenvalue weighted by molar-refractivity contribution is -0.129. The van der Waals surface area contributed by atoms with E-state index in [4.69, 9.17) is 9.94 Å². The van der Waals surface area contributed by atoms with Crippen molar-refractivity contribution >= 4 is 35.2 Å². The van der Waals surface area contributed by atoms with Crippen molar-refractivity contribution in [3.8, 4) is 0 Å². The Bertz CT molecular complexity index is 967. The molecule has 1 unspecified atom stereocenters. The van der Waals surface area contributed by atoms with Crippen LogP contribution in [0, 0.1) is 5.82 Å². The summed E-state index contributed by atoms with van der Waals surface area (Å²) >= 11 is 1.38. The van der Waals surface area contributed by atoms with Crippen LogP contribution in [0.4, 0.5) is 10.1 Å². The van der Waals surface area contributed by atoms with E-state index in [0.717, 1.165) is 10.5 Å². The minimum absolute atomic E-state index is 0.219. The summed E-state index contributed by atoms with van der Waals surface area (Å²) in [5.74, 6) is -1.83. The number of carbonyl (C=O) groups excluding carboxylic acids is 3. The van der Waals surface area contributed by atoms with Gasteiger partial charge in [-0.1, -0.05) is 12.1 Å². The zero-order valence-electron chi connectivity index (χ0n) is 17.0. The molecule has 0 radical (unpaired) electrons. The molecule has 7 nitrogen and oxygen atoms in total. The number of aryl methyl sites for hydroxylation is 1. The van der Waals surface area contributed by atoms with Crippen LogP contribution in [0.5, 0.6) is 0 Å². The Labute approximate surface area is 183 Å². The van der Waals surface area contributed by atoms with Gasteiger partial charge in [0.25, 0.3) is 5.91 Å². The molecule has 0 saturated heterocycles. The van der Waals surface area contributed by atoms with E-state index in [1.54, 1.807) is 36.7 Å². The predicted octanol–water partition coefficient (Wildman–Crippen LogP) is 3.34. The molecule has 2 aromatic carbocycles. The summed E-state index contributed by atoms with van der Waals surface area (Å²) in [6.45, 7) is 1.55. The molecule has 164 valence electrons. The first kappa shape index (κ1) is 22.8. The number of hydroxylamine groups is 1. The van der Waals surface area contributed by atoms with Crippen molar-refractivity contribution in [3.05, 3.63) is 59.4 Å². The average molecular weight is 447 g/mol. The van der Waals surface area contributed by atoms with Crippen LogP contribution < -0.4 is 10.4 Å². The normalized spacial score (nSPS) is 15.4. The standard InChI is InChI=1S/C22H23FN2O5S/c1-2-30-22(28)15-8-11-18-17(12-15)25(13-20(26)24-29)21(27)19(31-18)5-3-4-14-6-9-16(23)10-7-14/h6-12,19,29H,2-5,13H2,1H3,(H,24,26). The number of amides is 2. The topological polar surface area (TPSA) is 95.9 Å². The average Bonchev–Trinajstić information content (AvgIpc) is 2.77. The van der Waals surface area contributed by atoms with E-state index in [0.29, 0.717) is 24.9 Å². The maximum atomic E-state index is 13.1. The SMILES string of the molecule is CCOC(=O)c1ccc2c(c1)N(CC(=O)NO)C(=O)C(CCCc1ccc(F)cc1)S2. The van der Waals surface area contributed by atoms with Crippen molar-refractivity contribution in [2.24, 2.45) is 0 Å². The van der Waals surface area contributed by atoms with E-state index in [1.165, 1.54) is 34.9 Å². The highest BCUT2D eigenvalue weighted by Gasteiger charge is 2.35. The lowest BCUT2D eigenvalue weighted by atomic mass is 10.1. The number of fused-ring (bicyclic) bond motifs is 1. The number of rotatable bonds is 8. The number of nitrogens with zero attached hydrogens (tertiary/aromatic N) is 1. The zero-order valence-corrected chi connectivity index (χ0v) is 17.8. The van der Waals surface area contributed by atoms with Gasteiger partial charge in [-0.3, -0.25) is 14.8 Å². The van der Waals surface area contributed by atoms with Gasteiger partial charge in [-0.25, -0.2) is 14.7 Å². The van der Waals surface area contributed by atoms with Crippen LogP contribution in [0.15, 0.2) is 47.4 Å². The van der Waals surface area contributed by atoms with E-state index in [1.807, 2.05) is 0 Å². The third-order valence-corrected chi connectivity index (χ3v) is 6.16. The fourth-order valence-corrected chi connectivity index (χ4v) is 4.59. The molecule has 3 rings (SSSR count). The second-order valence-corrected chi connectivity index (χ2v) is 8.23. The Kier molecular flexibility index (Phi) is 7.64. The highest BCUT2D eigenvalue weighted by atomic mass is 32.2. The maximum absolute atomic E-state index is 13.1. The van der Waals surface area contributed by atoms with Crippen LogP contribution in [0.3, 0.4) is 0 Å². The highest BCUT2D eigenvalue weighted by Crippen LogP contribution is 2.41. The summed E-state index contributed by atoms with van der Waals surface area (Å²) in [5.41, 5.74) is 3.23. The third-order valence-electron chi connectivity index (χ3n) is 4.84. The zero-order chi connectivity index (χ0) is 22.4. The minimum Gasteiger partial charge on any atom is -0.462 e. The van der Waals surface area contributed by atoms with E-state index >= 15 is 0 Å². The Morgan fingerprint density at radius 2 is 1.97 bits per heavy atom. The van der Waals surface area contributed by atoms with E-state index in [-0.39, 0.29) is 30.4 Å². The largest absolute Gasteiger partial charge is 0.462 e.